The van der Waals surface area contributed by atoms with E-state index in [1.54, 1.807) is 37.3 Å². The number of fused-ring (bicyclic) bond motifs is 1. The highest BCUT2D eigenvalue weighted by Crippen LogP contribution is 2.37. The fourth-order valence-electron chi connectivity index (χ4n) is 2.76. The summed E-state index contributed by atoms with van der Waals surface area (Å²) in [6, 6.07) is 6.81. The van der Waals surface area contributed by atoms with Gasteiger partial charge in [-0.3, -0.25) is 10.00 Å². The zero-order valence-electron chi connectivity index (χ0n) is 13.7. The van der Waals surface area contributed by atoms with Crippen LogP contribution in [0.25, 0.3) is 11.6 Å². The number of hydrogen-bond donors (Lipinski definition) is 1. The van der Waals surface area contributed by atoms with E-state index in [2.05, 4.69) is 10.2 Å². The van der Waals surface area contributed by atoms with Gasteiger partial charge in [-0.15, -0.1) is 0 Å². The first-order valence-corrected chi connectivity index (χ1v) is 8.20. The molecule has 0 atom stereocenters. The van der Waals surface area contributed by atoms with Gasteiger partial charge in [-0.25, -0.2) is 4.79 Å². The predicted octanol–water partition coefficient (Wildman–Crippen LogP) is 4.59. The Morgan fingerprint density at radius 3 is 2.65 bits per heavy atom. The minimum atomic E-state index is -4.59. The Bertz CT molecular complexity index is 844. The standard InChI is InChI=1S/C17H15ClF3N3O2/c1-2-26-16(25)24-8-11(7-10-3-5-12(18)6-4-10)14-13(9-24)15(23-22-14)17(19,20)21/h3-7H,2,8-9H2,1H3,(H,22,23)/b11-7-. The lowest BCUT2D eigenvalue weighted by Gasteiger charge is -2.28. The largest absolute Gasteiger partial charge is 0.450 e. The number of rotatable bonds is 2. The zero-order valence-corrected chi connectivity index (χ0v) is 14.5. The van der Waals surface area contributed by atoms with Crippen molar-refractivity contribution in [2.75, 3.05) is 13.2 Å². The number of ether oxygens (including phenoxy) is 1. The summed E-state index contributed by atoms with van der Waals surface area (Å²) in [6.07, 6.45) is -3.58. The van der Waals surface area contributed by atoms with E-state index < -0.39 is 18.0 Å². The summed E-state index contributed by atoms with van der Waals surface area (Å²) in [4.78, 5) is 13.3. The van der Waals surface area contributed by atoms with Crippen LogP contribution in [-0.2, 0) is 17.5 Å². The summed E-state index contributed by atoms with van der Waals surface area (Å²) in [7, 11) is 0. The SMILES string of the molecule is CCOC(=O)N1C/C(=C/c2ccc(Cl)cc2)c2n[nH]c(C(F)(F)F)c2C1. The van der Waals surface area contributed by atoms with Gasteiger partial charge >= 0.3 is 12.3 Å². The van der Waals surface area contributed by atoms with Gasteiger partial charge < -0.3 is 4.74 Å². The summed E-state index contributed by atoms with van der Waals surface area (Å²) >= 11 is 5.86. The van der Waals surface area contributed by atoms with Crippen LogP contribution in [0.2, 0.25) is 5.02 Å². The van der Waals surface area contributed by atoms with E-state index in [-0.39, 0.29) is 31.0 Å². The molecule has 0 unspecified atom stereocenters. The van der Waals surface area contributed by atoms with E-state index in [0.717, 1.165) is 5.56 Å². The minimum Gasteiger partial charge on any atom is -0.450 e. The molecular formula is C17H15ClF3N3O2. The van der Waals surface area contributed by atoms with Crippen molar-refractivity contribution >= 4 is 29.3 Å². The van der Waals surface area contributed by atoms with Crippen molar-refractivity contribution < 1.29 is 22.7 Å². The number of aromatic amines is 1. The van der Waals surface area contributed by atoms with Crippen molar-refractivity contribution in [3.8, 4) is 0 Å². The molecule has 1 N–H and O–H groups in total. The second kappa shape index (κ2) is 7.03. The van der Waals surface area contributed by atoms with Crippen LogP contribution in [0.5, 0.6) is 0 Å². The van der Waals surface area contributed by atoms with Crippen molar-refractivity contribution in [3.05, 3.63) is 51.8 Å². The average molecular weight is 386 g/mol. The molecule has 5 nitrogen and oxygen atoms in total. The van der Waals surface area contributed by atoms with E-state index in [0.29, 0.717) is 10.6 Å². The second-order valence-corrected chi connectivity index (χ2v) is 6.14. The summed E-state index contributed by atoms with van der Waals surface area (Å²) in [5.41, 5.74) is 0.388. The number of amides is 1. The lowest BCUT2D eigenvalue weighted by Crippen LogP contribution is -2.36. The van der Waals surface area contributed by atoms with E-state index in [1.165, 1.54) is 4.90 Å². The van der Waals surface area contributed by atoms with Gasteiger partial charge in [-0.1, -0.05) is 23.7 Å². The third-order valence-electron chi connectivity index (χ3n) is 3.90. The Hall–Kier alpha value is -2.48. The number of aromatic nitrogens is 2. The molecule has 1 amide bonds. The third kappa shape index (κ3) is 3.70. The minimum absolute atomic E-state index is 0.0722. The second-order valence-electron chi connectivity index (χ2n) is 5.70. The molecule has 1 aromatic heterocycles. The first-order valence-electron chi connectivity index (χ1n) is 7.82. The number of carbonyl (C=O) groups is 1. The molecule has 1 aromatic carbocycles. The van der Waals surface area contributed by atoms with Gasteiger partial charge in [0.05, 0.1) is 25.4 Å². The van der Waals surface area contributed by atoms with Gasteiger partial charge in [0.15, 0.2) is 0 Å². The van der Waals surface area contributed by atoms with E-state index in [4.69, 9.17) is 16.3 Å². The van der Waals surface area contributed by atoms with E-state index in [9.17, 15) is 18.0 Å². The van der Waals surface area contributed by atoms with Crippen LogP contribution in [0, 0.1) is 0 Å². The van der Waals surface area contributed by atoms with Gasteiger partial charge in [0.2, 0.25) is 0 Å². The maximum Gasteiger partial charge on any atom is 0.433 e. The Morgan fingerprint density at radius 1 is 1.35 bits per heavy atom. The molecule has 0 aliphatic carbocycles. The molecule has 1 aliphatic heterocycles. The maximum absolute atomic E-state index is 13.2. The van der Waals surface area contributed by atoms with Crippen molar-refractivity contribution in [2.45, 2.75) is 19.6 Å². The maximum atomic E-state index is 13.2. The summed E-state index contributed by atoms with van der Waals surface area (Å²) < 4.78 is 44.7. The van der Waals surface area contributed by atoms with Crippen molar-refractivity contribution in [1.29, 1.82) is 0 Å². The van der Waals surface area contributed by atoms with Crippen LogP contribution in [0.3, 0.4) is 0 Å². The molecule has 26 heavy (non-hydrogen) atoms. The topological polar surface area (TPSA) is 58.2 Å². The highest BCUT2D eigenvalue weighted by Gasteiger charge is 2.40. The average Bonchev–Trinajstić information content (AvgIpc) is 3.01. The molecule has 0 spiro atoms. The molecule has 138 valence electrons. The normalized spacial score (nSPS) is 15.9. The van der Waals surface area contributed by atoms with E-state index >= 15 is 0 Å². The number of carbonyl (C=O) groups excluding carboxylic acids is 1. The quantitative estimate of drug-likeness (QED) is 0.822. The molecule has 0 saturated heterocycles. The van der Waals surface area contributed by atoms with Crippen LogP contribution in [0.4, 0.5) is 18.0 Å². The molecule has 9 heteroatoms. The number of alkyl halides is 3. The number of nitrogens with one attached hydrogen (secondary N) is 1. The van der Waals surface area contributed by atoms with Crippen LogP contribution in [0.1, 0.15) is 29.4 Å². The van der Waals surface area contributed by atoms with Crippen LogP contribution in [-0.4, -0.2) is 34.3 Å². The van der Waals surface area contributed by atoms with Crippen LogP contribution in [0.15, 0.2) is 24.3 Å². The lowest BCUT2D eigenvalue weighted by atomic mass is 9.98. The fourth-order valence-corrected chi connectivity index (χ4v) is 2.89. The predicted molar refractivity (Wildman–Crippen MR) is 90.3 cm³/mol. The number of benzene rings is 1. The van der Waals surface area contributed by atoms with Crippen LogP contribution >= 0.6 is 11.6 Å². The van der Waals surface area contributed by atoms with Gasteiger partial charge in [-0.2, -0.15) is 18.3 Å². The molecule has 0 bridgehead atoms. The molecule has 1 aliphatic rings. The molecule has 0 radical (unpaired) electrons. The Morgan fingerprint density at radius 2 is 2.04 bits per heavy atom. The fraction of sp³-hybridized carbons (Fsp3) is 0.294. The zero-order chi connectivity index (χ0) is 18.9. The summed E-state index contributed by atoms with van der Waals surface area (Å²) in [5, 5.41) is 6.44. The molecule has 0 saturated carbocycles. The molecule has 2 aromatic rings. The lowest BCUT2D eigenvalue weighted by molar-refractivity contribution is -0.142. The molecule has 0 fully saturated rings. The Balaban J connectivity index is 2.05. The van der Waals surface area contributed by atoms with Gasteiger partial charge in [0, 0.05) is 16.2 Å². The number of nitrogens with zero attached hydrogens (tertiary/aromatic N) is 2. The highest BCUT2D eigenvalue weighted by molar-refractivity contribution is 6.30. The van der Waals surface area contributed by atoms with Gasteiger partial charge in [0.1, 0.15) is 5.69 Å². The molecule has 3 rings (SSSR count). The first-order chi connectivity index (χ1) is 12.3. The first kappa shape index (κ1) is 18.3. The number of hydrogen-bond acceptors (Lipinski definition) is 3. The summed E-state index contributed by atoms with van der Waals surface area (Å²) in [5.74, 6) is 0. The van der Waals surface area contributed by atoms with Crippen molar-refractivity contribution in [2.24, 2.45) is 0 Å². The smallest absolute Gasteiger partial charge is 0.433 e. The van der Waals surface area contributed by atoms with Crippen molar-refractivity contribution in [3.63, 3.8) is 0 Å². The number of H-pyrrole nitrogens is 1. The third-order valence-corrected chi connectivity index (χ3v) is 4.15. The summed E-state index contributed by atoms with van der Waals surface area (Å²) in [6.45, 7) is 1.64. The van der Waals surface area contributed by atoms with E-state index in [1.807, 2.05) is 0 Å². The van der Waals surface area contributed by atoms with Gasteiger partial charge in [-0.05, 0) is 30.7 Å². The van der Waals surface area contributed by atoms with Crippen LogP contribution < -0.4 is 0 Å². The molecule has 2 heterocycles. The van der Waals surface area contributed by atoms with Gasteiger partial charge in [0.25, 0.3) is 0 Å². The monoisotopic (exact) mass is 385 g/mol. The number of halogens is 4. The Kier molecular flexibility index (Phi) is 4.95. The highest BCUT2D eigenvalue weighted by atomic mass is 35.5. The van der Waals surface area contributed by atoms with Crippen molar-refractivity contribution in [1.82, 2.24) is 15.1 Å². The molecular weight excluding hydrogens is 371 g/mol. The Labute approximate surface area is 152 Å².